The molecule has 1 rings (SSSR count). The Labute approximate surface area is 157 Å². The number of hydrogen-bond acceptors (Lipinski definition) is 8. The molecule has 0 saturated heterocycles. The third kappa shape index (κ3) is 4.32. The summed E-state index contributed by atoms with van der Waals surface area (Å²) in [5.74, 6) is -1.85. The maximum absolute atomic E-state index is 13.3. The molecule has 0 aliphatic heterocycles. The van der Waals surface area contributed by atoms with Gasteiger partial charge in [0.05, 0.1) is 6.20 Å². The van der Waals surface area contributed by atoms with E-state index in [-0.39, 0.29) is 16.4 Å². The predicted molar refractivity (Wildman–Crippen MR) is 97.3 cm³/mol. The molecular weight excluding hydrogens is 382 g/mol. The number of primary amides is 1. The Morgan fingerprint density at radius 1 is 1.42 bits per heavy atom. The van der Waals surface area contributed by atoms with Crippen molar-refractivity contribution in [2.75, 3.05) is 12.0 Å². The quantitative estimate of drug-likeness (QED) is 0.692. The highest BCUT2D eigenvalue weighted by Crippen LogP contribution is 2.34. The van der Waals surface area contributed by atoms with Crippen LogP contribution in [-0.4, -0.2) is 48.1 Å². The van der Waals surface area contributed by atoms with E-state index in [1.54, 1.807) is 27.0 Å². The average molecular weight is 408 g/mol. The molecule has 26 heavy (non-hydrogen) atoms. The fourth-order valence-corrected chi connectivity index (χ4v) is 5.33. The Balaban J connectivity index is 3.57. The summed E-state index contributed by atoms with van der Waals surface area (Å²) in [5.41, 5.74) is 4.61. The Bertz CT molecular complexity index is 769. The van der Waals surface area contributed by atoms with E-state index in [9.17, 15) is 18.0 Å². The van der Waals surface area contributed by atoms with Gasteiger partial charge in [0, 0.05) is 5.92 Å². The van der Waals surface area contributed by atoms with Crippen molar-refractivity contribution in [1.82, 2.24) is 10.5 Å². The lowest BCUT2D eigenvalue weighted by Gasteiger charge is -2.36. The minimum Gasteiger partial charge on any atom is -0.444 e. The zero-order chi connectivity index (χ0) is 20.3. The number of aryl methyl sites for hydroxylation is 1. The van der Waals surface area contributed by atoms with E-state index in [0.717, 1.165) is 6.20 Å². The molecule has 1 aromatic heterocycles. The van der Waals surface area contributed by atoms with Crippen LogP contribution in [0.15, 0.2) is 15.6 Å². The molecule has 0 spiro atoms. The molecule has 1 unspecified atom stereocenters. The second-order valence-corrected chi connectivity index (χ2v) is 9.83. The molecule has 0 aliphatic rings. The summed E-state index contributed by atoms with van der Waals surface area (Å²) in [4.78, 5) is 22.0. The number of sulfone groups is 1. The largest absolute Gasteiger partial charge is 0.444 e. The number of amides is 2. The second kappa shape index (κ2) is 7.87. The molecule has 0 bridgehead atoms. The molecule has 9 nitrogen and oxygen atoms in total. The van der Waals surface area contributed by atoms with Crippen molar-refractivity contribution < 1.29 is 27.3 Å². The summed E-state index contributed by atoms with van der Waals surface area (Å²) < 4.78 is 36.6. The lowest BCUT2D eigenvalue weighted by atomic mass is 10.0. The Morgan fingerprint density at radius 2 is 2.00 bits per heavy atom. The van der Waals surface area contributed by atoms with Crippen LogP contribution in [0.4, 0.5) is 4.79 Å². The highest BCUT2D eigenvalue weighted by molar-refractivity contribution is 7.98. The third-order valence-electron chi connectivity index (χ3n) is 3.58. The Morgan fingerprint density at radius 3 is 2.38 bits per heavy atom. The zero-order valence-electron chi connectivity index (χ0n) is 15.7. The summed E-state index contributed by atoms with van der Waals surface area (Å²) in [6, 6.07) is 0. The van der Waals surface area contributed by atoms with Crippen LogP contribution in [0, 0.1) is 12.8 Å². The van der Waals surface area contributed by atoms with Gasteiger partial charge in [0.2, 0.25) is 14.7 Å². The lowest BCUT2D eigenvalue weighted by molar-refractivity contribution is -0.122. The molecular formula is C15H25N3O6S2. The van der Waals surface area contributed by atoms with E-state index in [4.69, 9.17) is 15.0 Å². The number of aromatic nitrogens is 1. The van der Waals surface area contributed by atoms with E-state index in [1.165, 1.54) is 25.6 Å². The number of carbonyl (C=O) groups is 2. The standard InChI is InChI=1S/C15H25N3O6S2/c1-9(8-25-6)15(12(16)19,18-13(20)23-14(3,4)5)26(21,22)11-7-17-24-10(11)2/h7,9H,8H2,1-6H3,(H2,16,19)(H,18,20)/t9?,15-/m0/s1. The van der Waals surface area contributed by atoms with Crippen molar-refractivity contribution in [1.29, 1.82) is 0 Å². The van der Waals surface area contributed by atoms with Gasteiger partial charge in [0.1, 0.15) is 10.5 Å². The van der Waals surface area contributed by atoms with E-state index >= 15 is 0 Å². The van der Waals surface area contributed by atoms with Crippen LogP contribution in [-0.2, 0) is 19.4 Å². The minimum atomic E-state index is -4.48. The van der Waals surface area contributed by atoms with E-state index in [0.29, 0.717) is 0 Å². The first-order chi connectivity index (χ1) is 11.8. The molecule has 1 aromatic rings. The molecule has 2 atom stereocenters. The highest BCUT2D eigenvalue weighted by Gasteiger charge is 2.57. The first-order valence-electron chi connectivity index (χ1n) is 7.75. The summed E-state index contributed by atoms with van der Waals surface area (Å²) in [6.07, 6.45) is 1.65. The first kappa shape index (κ1) is 22.3. The SMILES string of the molecule is CSCC(C)[C@@](NC(=O)OC(C)(C)C)(C(N)=O)S(=O)(=O)c1cnoc1C. The summed E-state index contributed by atoms with van der Waals surface area (Å²) >= 11 is 1.31. The normalized spacial score (nSPS) is 15.8. The molecule has 0 radical (unpaired) electrons. The monoisotopic (exact) mass is 407 g/mol. The van der Waals surface area contributed by atoms with Crippen LogP contribution in [0.1, 0.15) is 33.5 Å². The van der Waals surface area contributed by atoms with Crippen LogP contribution >= 0.6 is 11.8 Å². The van der Waals surface area contributed by atoms with Crippen molar-refractivity contribution >= 4 is 33.6 Å². The number of nitrogens with two attached hydrogens (primary N) is 1. The van der Waals surface area contributed by atoms with Crippen LogP contribution in [0.5, 0.6) is 0 Å². The Kier molecular flexibility index (Phi) is 6.74. The van der Waals surface area contributed by atoms with Crippen LogP contribution < -0.4 is 11.1 Å². The number of hydrogen-bond donors (Lipinski definition) is 2. The second-order valence-electron chi connectivity index (χ2n) is 6.83. The predicted octanol–water partition coefficient (Wildman–Crippen LogP) is 1.46. The Hall–Kier alpha value is -1.75. The zero-order valence-corrected chi connectivity index (χ0v) is 17.3. The number of nitrogens with one attached hydrogen (secondary N) is 1. The molecule has 2 amide bonds. The van der Waals surface area contributed by atoms with E-state index in [1.807, 2.05) is 0 Å². The fraction of sp³-hybridized carbons (Fsp3) is 0.667. The van der Waals surface area contributed by atoms with Gasteiger partial charge in [-0.1, -0.05) is 12.1 Å². The maximum Gasteiger partial charge on any atom is 0.409 e. The van der Waals surface area contributed by atoms with Gasteiger partial charge in [-0.15, -0.1) is 0 Å². The number of carbonyl (C=O) groups excluding carboxylic acids is 2. The van der Waals surface area contributed by atoms with Gasteiger partial charge < -0.3 is 15.0 Å². The topological polar surface area (TPSA) is 142 Å². The van der Waals surface area contributed by atoms with Crippen LogP contribution in [0.25, 0.3) is 0 Å². The number of ether oxygens (including phenoxy) is 1. The van der Waals surface area contributed by atoms with Gasteiger partial charge in [-0.3, -0.25) is 10.1 Å². The van der Waals surface area contributed by atoms with E-state index < -0.39 is 38.2 Å². The van der Waals surface area contributed by atoms with Crippen molar-refractivity contribution in [3.05, 3.63) is 12.0 Å². The molecule has 148 valence electrons. The lowest BCUT2D eigenvalue weighted by Crippen LogP contribution is -2.67. The molecule has 3 N–H and O–H groups in total. The molecule has 11 heteroatoms. The maximum atomic E-state index is 13.3. The summed E-state index contributed by atoms with van der Waals surface area (Å²) in [5, 5.41) is 5.67. The number of nitrogens with zero attached hydrogens (tertiary/aromatic N) is 1. The molecule has 0 aliphatic carbocycles. The van der Waals surface area contributed by atoms with E-state index in [2.05, 4.69) is 10.5 Å². The van der Waals surface area contributed by atoms with Gasteiger partial charge in [-0.05, 0) is 39.7 Å². The molecule has 0 aromatic carbocycles. The van der Waals surface area contributed by atoms with Gasteiger partial charge in [0.15, 0.2) is 5.76 Å². The first-order valence-corrected chi connectivity index (χ1v) is 10.6. The minimum absolute atomic E-state index is 0.0158. The van der Waals surface area contributed by atoms with Crippen molar-refractivity contribution in [3.63, 3.8) is 0 Å². The molecule has 0 fully saturated rings. The van der Waals surface area contributed by atoms with Gasteiger partial charge in [-0.2, -0.15) is 11.8 Å². The van der Waals surface area contributed by atoms with Crippen LogP contribution in [0.3, 0.4) is 0 Å². The van der Waals surface area contributed by atoms with Crippen molar-refractivity contribution in [3.8, 4) is 0 Å². The highest BCUT2D eigenvalue weighted by atomic mass is 32.2. The molecule has 1 heterocycles. The average Bonchev–Trinajstić information content (AvgIpc) is 2.89. The van der Waals surface area contributed by atoms with Gasteiger partial charge >= 0.3 is 6.09 Å². The third-order valence-corrected chi connectivity index (χ3v) is 6.94. The van der Waals surface area contributed by atoms with Gasteiger partial charge in [0.25, 0.3) is 5.91 Å². The molecule has 0 saturated carbocycles. The summed E-state index contributed by atoms with van der Waals surface area (Å²) in [7, 11) is -4.48. The van der Waals surface area contributed by atoms with Crippen LogP contribution in [0.2, 0.25) is 0 Å². The van der Waals surface area contributed by atoms with Crippen molar-refractivity contribution in [2.24, 2.45) is 11.7 Å². The fourth-order valence-electron chi connectivity index (χ4n) is 2.44. The van der Waals surface area contributed by atoms with Crippen molar-refractivity contribution in [2.45, 2.75) is 50.0 Å². The summed E-state index contributed by atoms with van der Waals surface area (Å²) in [6.45, 7) is 7.74. The number of thioether (sulfide) groups is 1. The smallest absolute Gasteiger partial charge is 0.409 e. The number of alkyl carbamates (subject to hydrolysis) is 1. The van der Waals surface area contributed by atoms with Gasteiger partial charge in [-0.25, -0.2) is 13.2 Å². The number of rotatable bonds is 7.